The molecule has 0 aliphatic carbocycles. The lowest BCUT2D eigenvalue weighted by Gasteiger charge is -2.25. The molecule has 1 aliphatic rings. The molecule has 4 heterocycles. The zero-order chi connectivity index (χ0) is 33.0. The minimum atomic E-state index is -1.63. The normalized spacial score (nSPS) is 19.1. The number of thiophene rings is 1. The third kappa shape index (κ3) is 6.18. The van der Waals surface area contributed by atoms with Crippen LogP contribution in [0.4, 0.5) is 3.89 Å². The van der Waals surface area contributed by atoms with Gasteiger partial charge in [-0.1, -0.05) is 54.6 Å². The van der Waals surface area contributed by atoms with E-state index in [9.17, 15) is 18.3 Å². The lowest BCUT2D eigenvalue weighted by atomic mass is 10.1. The summed E-state index contributed by atoms with van der Waals surface area (Å²) in [6.07, 6.45) is -1.66. The van der Waals surface area contributed by atoms with Crippen molar-refractivity contribution in [1.29, 1.82) is 0 Å². The topological polar surface area (TPSA) is 119 Å². The van der Waals surface area contributed by atoms with E-state index in [0.717, 1.165) is 0 Å². The van der Waals surface area contributed by atoms with Crippen molar-refractivity contribution in [2.24, 2.45) is 0 Å². The van der Waals surface area contributed by atoms with Crippen molar-refractivity contribution in [2.45, 2.75) is 24.5 Å². The quantitative estimate of drug-likeness (QED) is 0.0936. The number of halogens is 1. The third-order valence-electron chi connectivity index (χ3n) is 7.85. The number of hydrogen-bond donors (Lipinski definition) is 0. The molecule has 3 aromatic heterocycles. The van der Waals surface area contributed by atoms with Crippen LogP contribution in [0.25, 0.3) is 21.6 Å². The van der Waals surface area contributed by atoms with Crippen LogP contribution in [0.2, 0.25) is 0 Å². The van der Waals surface area contributed by atoms with Gasteiger partial charge in [-0.25, -0.2) is 24.4 Å². The average molecular weight is 665 g/mol. The number of rotatable bonds is 9. The van der Waals surface area contributed by atoms with Crippen molar-refractivity contribution in [2.75, 3.05) is 6.61 Å². The highest BCUT2D eigenvalue weighted by Gasteiger charge is 2.51. The van der Waals surface area contributed by atoms with Crippen LogP contribution in [-0.4, -0.2) is 57.4 Å². The molecule has 1 saturated heterocycles. The predicted molar refractivity (Wildman–Crippen MR) is 174 cm³/mol. The Morgan fingerprint density at radius 3 is 1.90 bits per heavy atom. The van der Waals surface area contributed by atoms with E-state index in [4.69, 9.17) is 18.9 Å². The molecular weight excluding hydrogens is 637 g/mol. The first-order valence-corrected chi connectivity index (χ1v) is 16.2. The number of benzene rings is 3. The molecule has 0 N–H and O–H groups in total. The zero-order valence-electron chi connectivity index (χ0n) is 25.1. The molecule has 0 spiro atoms. The summed E-state index contributed by atoms with van der Waals surface area (Å²) in [6, 6.07) is 30.1. The number of carbonyl (C=O) groups excluding carboxylic acids is 3. The standard InChI is InChI=1S/C36H27FN3O7S/c37-48-20-10-17-28(48)29-26-18-19-40(32(26)39-22-38-29)33-31(47-36(43)25-15-8-3-9-16-25)30(46-35(42)24-13-6-2-7-14-24)27(45-33)21-44-34(41)23-11-4-1-5-12-23/h1-20,22,27,30-31,33H,21H2/q+1/t27-,30-,31-,33-,48?/m1/s1. The number of esters is 3. The van der Waals surface area contributed by atoms with E-state index < -0.39 is 53.3 Å². The Kier molecular flexibility index (Phi) is 8.73. The van der Waals surface area contributed by atoms with Gasteiger partial charge in [0, 0.05) is 16.1 Å². The van der Waals surface area contributed by atoms with Gasteiger partial charge in [0.2, 0.25) is 15.7 Å². The molecule has 1 unspecified atom stereocenters. The van der Waals surface area contributed by atoms with Gasteiger partial charge in [-0.3, -0.25) is 0 Å². The van der Waals surface area contributed by atoms with Crippen LogP contribution in [0.3, 0.4) is 0 Å². The smallest absolute Gasteiger partial charge is 0.338 e. The first kappa shape index (κ1) is 30.9. The lowest BCUT2D eigenvalue weighted by Crippen LogP contribution is -2.41. The molecule has 10 nitrogen and oxygen atoms in total. The maximum Gasteiger partial charge on any atom is 0.338 e. The molecular formula is C36H27FN3O7S+. The minimum Gasteiger partial charge on any atom is -0.459 e. The van der Waals surface area contributed by atoms with Crippen molar-refractivity contribution in [3.8, 4) is 10.6 Å². The first-order chi connectivity index (χ1) is 23.5. The van der Waals surface area contributed by atoms with Crippen LogP contribution in [0, 0.1) is 0 Å². The number of carbonyl (C=O) groups is 3. The highest BCUT2D eigenvalue weighted by atomic mass is 32.2. The molecule has 48 heavy (non-hydrogen) atoms. The summed E-state index contributed by atoms with van der Waals surface area (Å²) in [5, 5.41) is 1.99. The van der Waals surface area contributed by atoms with E-state index in [-0.39, 0.29) is 17.7 Å². The minimum absolute atomic E-state index is 0.262. The molecule has 12 heteroatoms. The van der Waals surface area contributed by atoms with Gasteiger partial charge in [-0.2, -0.15) is 0 Å². The van der Waals surface area contributed by atoms with Crippen molar-refractivity contribution < 1.29 is 37.2 Å². The fourth-order valence-electron chi connectivity index (χ4n) is 5.56. The number of hydrogen-bond acceptors (Lipinski definition) is 9. The SMILES string of the molecule is O=C(OC[C@H]1O[C@@H](n2ccc3c(-c4ccc[s+]4F)ncnc32)[C@H](OC(=O)c2ccccc2)[C@@H]1OC(=O)c1ccccc1)c1ccccc1. The van der Waals surface area contributed by atoms with E-state index in [1.54, 1.807) is 120 Å². The molecule has 1 fully saturated rings. The Morgan fingerprint density at radius 2 is 1.31 bits per heavy atom. The van der Waals surface area contributed by atoms with E-state index in [0.29, 0.717) is 27.2 Å². The molecule has 0 saturated carbocycles. The molecule has 3 aromatic carbocycles. The average Bonchev–Trinajstić information content (AvgIpc) is 3.85. The molecule has 0 amide bonds. The van der Waals surface area contributed by atoms with Gasteiger partial charge in [-0.05, 0) is 48.5 Å². The molecule has 5 atom stereocenters. The van der Waals surface area contributed by atoms with Crippen molar-refractivity contribution in [1.82, 2.24) is 14.5 Å². The van der Waals surface area contributed by atoms with E-state index >= 15 is 0 Å². The second-order valence-electron chi connectivity index (χ2n) is 10.8. The lowest BCUT2D eigenvalue weighted by molar-refractivity contribution is -0.0604. The molecule has 0 radical (unpaired) electrons. The molecule has 6 aromatic rings. The summed E-state index contributed by atoms with van der Waals surface area (Å²) in [5.74, 6) is -1.99. The van der Waals surface area contributed by atoms with Crippen LogP contribution >= 0.6 is 10.9 Å². The highest BCUT2D eigenvalue weighted by molar-refractivity contribution is 7.27. The van der Waals surface area contributed by atoms with Gasteiger partial charge in [0.1, 0.15) is 30.4 Å². The van der Waals surface area contributed by atoms with Crippen LogP contribution < -0.4 is 0 Å². The van der Waals surface area contributed by atoms with Gasteiger partial charge in [0.25, 0.3) is 0 Å². The van der Waals surface area contributed by atoms with Gasteiger partial charge < -0.3 is 23.5 Å². The van der Waals surface area contributed by atoms with Gasteiger partial charge in [-0.15, -0.1) is 0 Å². The van der Waals surface area contributed by atoms with E-state index in [2.05, 4.69) is 9.97 Å². The predicted octanol–water partition coefficient (Wildman–Crippen LogP) is 6.79. The van der Waals surface area contributed by atoms with Gasteiger partial charge in [0.05, 0.1) is 22.1 Å². The summed E-state index contributed by atoms with van der Waals surface area (Å²) in [4.78, 5) is 49.1. The summed E-state index contributed by atoms with van der Waals surface area (Å²) < 4.78 is 40.5. The van der Waals surface area contributed by atoms with Crippen molar-refractivity contribution in [3.05, 3.63) is 144 Å². The Balaban J connectivity index is 1.28. The van der Waals surface area contributed by atoms with Crippen LogP contribution in [-0.2, 0) is 18.9 Å². The second-order valence-corrected chi connectivity index (χ2v) is 12.1. The number of ether oxygens (including phenoxy) is 4. The number of aromatic nitrogens is 3. The van der Waals surface area contributed by atoms with E-state index in [1.807, 2.05) is 0 Å². The maximum atomic E-state index is 14.7. The maximum absolute atomic E-state index is 14.7. The number of fused-ring (bicyclic) bond motifs is 1. The van der Waals surface area contributed by atoms with Crippen LogP contribution in [0.5, 0.6) is 0 Å². The Bertz CT molecular complexity index is 2070. The third-order valence-corrected chi connectivity index (χ3v) is 9.00. The van der Waals surface area contributed by atoms with E-state index in [1.165, 1.54) is 11.7 Å². The summed E-state index contributed by atoms with van der Waals surface area (Å²) in [5.41, 5.74) is 1.62. The number of nitrogens with zero attached hydrogens (tertiary/aromatic N) is 3. The fourth-order valence-corrected chi connectivity index (χ4v) is 6.48. The molecule has 0 bridgehead atoms. The monoisotopic (exact) mass is 664 g/mol. The highest BCUT2D eigenvalue weighted by Crippen LogP contribution is 2.41. The Labute approximate surface area is 276 Å². The molecule has 240 valence electrons. The fraction of sp³-hybridized carbons (Fsp3) is 0.139. The van der Waals surface area contributed by atoms with Gasteiger partial charge >= 0.3 is 17.9 Å². The molecule has 7 rings (SSSR count). The van der Waals surface area contributed by atoms with Crippen LogP contribution in [0.15, 0.2) is 127 Å². The zero-order valence-corrected chi connectivity index (χ0v) is 25.9. The Hall–Kier alpha value is -5.72. The van der Waals surface area contributed by atoms with Crippen molar-refractivity contribution in [3.63, 3.8) is 0 Å². The molecule has 1 aliphatic heterocycles. The summed E-state index contributed by atoms with van der Waals surface area (Å²) >= 11 is 0. The largest absolute Gasteiger partial charge is 0.459 e. The Morgan fingerprint density at radius 1 is 0.729 bits per heavy atom. The van der Waals surface area contributed by atoms with Crippen molar-refractivity contribution >= 4 is 39.8 Å². The second kappa shape index (κ2) is 13.6. The first-order valence-electron chi connectivity index (χ1n) is 15.0. The van der Waals surface area contributed by atoms with Gasteiger partial charge in [0.15, 0.2) is 23.8 Å². The summed E-state index contributed by atoms with van der Waals surface area (Å²) in [7, 11) is -1.63. The van der Waals surface area contributed by atoms with Crippen LogP contribution in [0.1, 0.15) is 37.3 Å². The summed E-state index contributed by atoms with van der Waals surface area (Å²) in [6.45, 7) is -0.334.